The van der Waals surface area contributed by atoms with Crippen molar-refractivity contribution in [3.8, 4) is 0 Å². The van der Waals surface area contributed by atoms with Crippen LogP contribution in [0.1, 0.15) is 28.8 Å². The van der Waals surface area contributed by atoms with Crippen LogP contribution in [0, 0.1) is 11.7 Å². The highest BCUT2D eigenvalue weighted by Crippen LogP contribution is 2.29. The number of fused-ring (bicyclic) bond motifs is 4. The van der Waals surface area contributed by atoms with E-state index in [0.717, 1.165) is 44.6 Å². The summed E-state index contributed by atoms with van der Waals surface area (Å²) in [5, 5.41) is 0. The first-order valence-electron chi connectivity index (χ1n) is 9.05. The molecule has 6 heteroatoms. The van der Waals surface area contributed by atoms with Gasteiger partial charge in [0.25, 0.3) is 5.91 Å². The third-order valence-corrected chi connectivity index (χ3v) is 5.40. The van der Waals surface area contributed by atoms with E-state index in [0.29, 0.717) is 11.5 Å². The third kappa shape index (κ3) is 3.55. The second-order valence-corrected chi connectivity index (χ2v) is 7.32. The van der Waals surface area contributed by atoms with E-state index in [1.165, 1.54) is 24.4 Å². The lowest BCUT2D eigenvalue weighted by Gasteiger charge is -2.36. The number of halogens is 1. The predicted octanol–water partition coefficient (Wildman–Crippen LogP) is 2.25. The SMILES string of the molecule is O=C(c1ccc(=O)[nH]c1)N1CC2CCC1CN(Cc1ccc(F)cc1)C2. The lowest BCUT2D eigenvalue weighted by Crippen LogP contribution is -2.47. The molecule has 3 aliphatic heterocycles. The number of pyridine rings is 1. The second-order valence-electron chi connectivity index (χ2n) is 7.32. The van der Waals surface area contributed by atoms with E-state index in [2.05, 4.69) is 9.88 Å². The number of carbonyl (C=O) groups excluding carboxylic acids is 1. The van der Waals surface area contributed by atoms with E-state index in [9.17, 15) is 14.0 Å². The van der Waals surface area contributed by atoms with Gasteiger partial charge in [0.2, 0.25) is 5.56 Å². The Bertz CT molecular complexity index is 828. The summed E-state index contributed by atoms with van der Waals surface area (Å²) in [7, 11) is 0. The van der Waals surface area contributed by atoms with Crippen LogP contribution in [0.15, 0.2) is 47.4 Å². The van der Waals surface area contributed by atoms with Gasteiger partial charge >= 0.3 is 0 Å². The molecule has 2 bridgehead atoms. The Labute approximate surface area is 151 Å². The van der Waals surface area contributed by atoms with Gasteiger partial charge in [0, 0.05) is 44.5 Å². The molecule has 3 fully saturated rings. The molecule has 1 N–H and O–H groups in total. The zero-order valence-electron chi connectivity index (χ0n) is 14.5. The van der Waals surface area contributed by atoms with E-state index in [4.69, 9.17) is 0 Å². The number of benzene rings is 1. The standard InChI is InChI=1S/C20H22FN3O2/c21-17-5-1-14(2-6-17)10-23-11-15-3-7-18(13-23)24(12-15)20(26)16-4-8-19(25)22-9-16/h1-2,4-6,8-9,15,18H,3,7,10-13H2,(H,22,25). The number of hydrogen-bond acceptors (Lipinski definition) is 3. The highest BCUT2D eigenvalue weighted by Gasteiger charge is 2.37. The van der Waals surface area contributed by atoms with Crippen LogP contribution >= 0.6 is 0 Å². The Kier molecular flexibility index (Phi) is 4.59. The van der Waals surface area contributed by atoms with Crippen LogP contribution in [0.5, 0.6) is 0 Å². The van der Waals surface area contributed by atoms with Gasteiger partial charge in [-0.15, -0.1) is 0 Å². The Morgan fingerprint density at radius 2 is 1.88 bits per heavy atom. The molecule has 0 radical (unpaired) electrons. The average Bonchev–Trinajstić information content (AvgIpc) is 2.94. The van der Waals surface area contributed by atoms with E-state index in [-0.39, 0.29) is 23.3 Å². The molecule has 3 aliphatic rings. The fourth-order valence-corrected chi connectivity index (χ4v) is 4.11. The molecule has 1 amide bonds. The third-order valence-electron chi connectivity index (χ3n) is 5.40. The van der Waals surface area contributed by atoms with Crippen LogP contribution < -0.4 is 5.56 Å². The Balaban J connectivity index is 1.49. The molecule has 5 rings (SSSR count). The van der Waals surface area contributed by atoms with Crippen molar-refractivity contribution in [1.82, 2.24) is 14.8 Å². The number of aromatic amines is 1. The van der Waals surface area contributed by atoms with Gasteiger partial charge in [0.1, 0.15) is 5.82 Å². The van der Waals surface area contributed by atoms with Crippen molar-refractivity contribution in [3.63, 3.8) is 0 Å². The minimum atomic E-state index is -0.220. The minimum Gasteiger partial charge on any atom is -0.334 e. The quantitative estimate of drug-likeness (QED) is 0.919. The smallest absolute Gasteiger partial charge is 0.255 e. The van der Waals surface area contributed by atoms with Crippen LogP contribution in [0.3, 0.4) is 0 Å². The summed E-state index contributed by atoms with van der Waals surface area (Å²) in [4.78, 5) is 31.0. The lowest BCUT2D eigenvalue weighted by molar-refractivity contribution is 0.0584. The molecule has 4 heterocycles. The molecule has 136 valence electrons. The highest BCUT2D eigenvalue weighted by molar-refractivity contribution is 5.94. The average molecular weight is 355 g/mol. The van der Waals surface area contributed by atoms with Crippen molar-refractivity contribution >= 4 is 5.91 Å². The molecule has 3 saturated heterocycles. The molecule has 5 nitrogen and oxygen atoms in total. The van der Waals surface area contributed by atoms with Gasteiger partial charge in [-0.2, -0.15) is 0 Å². The molecule has 1 aromatic carbocycles. The summed E-state index contributed by atoms with van der Waals surface area (Å²) in [6.07, 6.45) is 3.62. The summed E-state index contributed by atoms with van der Waals surface area (Å²) in [5.74, 6) is 0.211. The largest absolute Gasteiger partial charge is 0.334 e. The molecule has 1 aromatic heterocycles. The summed E-state index contributed by atoms with van der Waals surface area (Å²) in [6, 6.07) is 9.80. The maximum Gasteiger partial charge on any atom is 0.255 e. The summed E-state index contributed by atoms with van der Waals surface area (Å²) in [5.41, 5.74) is 1.41. The van der Waals surface area contributed by atoms with E-state index < -0.39 is 0 Å². The van der Waals surface area contributed by atoms with Crippen molar-refractivity contribution in [2.75, 3.05) is 19.6 Å². The van der Waals surface area contributed by atoms with E-state index >= 15 is 0 Å². The van der Waals surface area contributed by atoms with Crippen molar-refractivity contribution in [3.05, 3.63) is 69.9 Å². The minimum absolute atomic E-state index is 0.0143. The van der Waals surface area contributed by atoms with Crippen LogP contribution in [0.25, 0.3) is 0 Å². The highest BCUT2D eigenvalue weighted by atomic mass is 19.1. The summed E-state index contributed by atoms with van der Waals surface area (Å²) >= 11 is 0. The lowest BCUT2D eigenvalue weighted by atomic mass is 9.94. The number of carbonyl (C=O) groups is 1. The molecule has 26 heavy (non-hydrogen) atoms. The van der Waals surface area contributed by atoms with Gasteiger partial charge in [-0.05, 0) is 42.5 Å². The topological polar surface area (TPSA) is 56.4 Å². The van der Waals surface area contributed by atoms with Crippen molar-refractivity contribution in [2.45, 2.75) is 25.4 Å². The molecule has 2 unspecified atom stereocenters. The molecular weight excluding hydrogens is 333 g/mol. The molecule has 0 saturated carbocycles. The van der Waals surface area contributed by atoms with Crippen LogP contribution in [0.2, 0.25) is 0 Å². The maximum atomic E-state index is 13.1. The van der Waals surface area contributed by atoms with Crippen molar-refractivity contribution in [1.29, 1.82) is 0 Å². The maximum absolute atomic E-state index is 13.1. The fraction of sp³-hybridized carbons (Fsp3) is 0.400. The first kappa shape index (κ1) is 17.0. The number of hydrogen-bond donors (Lipinski definition) is 1. The number of rotatable bonds is 3. The Morgan fingerprint density at radius 1 is 1.08 bits per heavy atom. The van der Waals surface area contributed by atoms with Crippen LogP contribution in [-0.4, -0.2) is 46.4 Å². The number of aromatic nitrogens is 1. The number of amides is 1. The van der Waals surface area contributed by atoms with Gasteiger partial charge in [0.15, 0.2) is 0 Å². The molecular formula is C20H22FN3O2. The summed E-state index contributed by atoms with van der Waals surface area (Å²) < 4.78 is 13.1. The second kappa shape index (κ2) is 7.03. The molecule has 2 atom stereocenters. The first-order chi connectivity index (χ1) is 12.6. The first-order valence-corrected chi connectivity index (χ1v) is 9.05. The number of H-pyrrole nitrogens is 1. The number of piperidine rings is 1. The number of nitrogens with one attached hydrogen (secondary N) is 1. The van der Waals surface area contributed by atoms with E-state index in [1.54, 1.807) is 6.07 Å². The van der Waals surface area contributed by atoms with Gasteiger partial charge in [-0.1, -0.05) is 12.1 Å². The molecule has 0 spiro atoms. The number of nitrogens with zero attached hydrogens (tertiary/aromatic N) is 2. The van der Waals surface area contributed by atoms with Crippen LogP contribution in [0.4, 0.5) is 4.39 Å². The molecule has 2 aromatic rings. The van der Waals surface area contributed by atoms with Gasteiger partial charge in [0.05, 0.1) is 5.56 Å². The van der Waals surface area contributed by atoms with Gasteiger partial charge in [-0.25, -0.2) is 4.39 Å². The van der Waals surface area contributed by atoms with Gasteiger partial charge in [-0.3, -0.25) is 14.5 Å². The Hall–Kier alpha value is -2.47. The Morgan fingerprint density at radius 3 is 2.62 bits per heavy atom. The fourth-order valence-electron chi connectivity index (χ4n) is 4.11. The monoisotopic (exact) mass is 355 g/mol. The normalized spacial score (nSPS) is 23.0. The summed E-state index contributed by atoms with van der Waals surface area (Å²) in [6.45, 7) is 3.29. The molecule has 0 aliphatic carbocycles. The van der Waals surface area contributed by atoms with Gasteiger partial charge < -0.3 is 9.88 Å². The zero-order valence-corrected chi connectivity index (χ0v) is 14.5. The zero-order chi connectivity index (χ0) is 18.1. The van der Waals surface area contributed by atoms with E-state index in [1.807, 2.05) is 17.0 Å². The predicted molar refractivity (Wildman–Crippen MR) is 96.3 cm³/mol. The van der Waals surface area contributed by atoms with Crippen LogP contribution in [-0.2, 0) is 6.54 Å². The van der Waals surface area contributed by atoms with Crippen molar-refractivity contribution < 1.29 is 9.18 Å². The van der Waals surface area contributed by atoms with Crippen molar-refractivity contribution in [2.24, 2.45) is 5.92 Å².